The van der Waals surface area contributed by atoms with Crippen molar-refractivity contribution in [2.45, 2.75) is 13.8 Å². The van der Waals surface area contributed by atoms with Gasteiger partial charge in [-0.2, -0.15) is 0 Å². The van der Waals surface area contributed by atoms with E-state index in [1.807, 2.05) is 19.9 Å². The molecule has 2 amide bonds. The Morgan fingerprint density at radius 3 is 2.24 bits per heavy atom. The molecule has 0 saturated carbocycles. The number of halogens is 1. The maximum Gasteiger partial charge on any atom is 0.337 e. The number of rotatable bonds is 3. The van der Waals surface area contributed by atoms with Crippen molar-refractivity contribution in [3.8, 4) is 0 Å². The first-order valence-corrected chi connectivity index (χ1v) is 7.77. The molecule has 0 aliphatic carbocycles. The van der Waals surface area contributed by atoms with Gasteiger partial charge in [-0.15, -0.1) is 0 Å². The lowest BCUT2D eigenvalue weighted by molar-refractivity contribution is -0.133. The van der Waals surface area contributed by atoms with E-state index in [4.69, 9.17) is 11.6 Å². The first-order valence-electron chi connectivity index (χ1n) is 7.40. The lowest BCUT2D eigenvalue weighted by atomic mass is 10.1. The van der Waals surface area contributed by atoms with Crippen molar-refractivity contribution in [3.63, 3.8) is 0 Å². The quantitative estimate of drug-likeness (QED) is 0.649. The molecule has 0 unspecified atom stereocenters. The van der Waals surface area contributed by atoms with E-state index in [2.05, 4.69) is 15.4 Å². The zero-order valence-electron chi connectivity index (χ0n) is 14.0. The normalized spacial score (nSPS) is 10.1. The van der Waals surface area contributed by atoms with Gasteiger partial charge in [-0.25, -0.2) is 4.79 Å². The van der Waals surface area contributed by atoms with Crippen molar-refractivity contribution in [2.75, 3.05) is 17.7 Å². The number of methoxy groups -OCH3 is 1. The van der Waals surface area contributed by atoms with Gasteiger partial charge in [0.25, 0.3) is 0 Å². The third kappa shape index (κ3) is 4.36. The van der Waals surface area contributed by atoms with Crippen LogP contribution in [0.15, 0.2) is 36.4 Å². The molecule has 0 heterocycles. The average Bonchev–Trinajstić information content (AvgIpc) is 2.60. The van der Waals surface area contributed by atoms with Crippen LogP contribution in [0.4, 0.5) is 11.4 Å². The maximum atomic E-state index is 12.1. The van der Waals surface area contributed by atoms with Crippen LogP contribution in [-0.4, -0.2) is 24.9 Å². The Hall–Kier alpha value is -2.86. The van der Waals surface area contributed by atoms with Crippen LogP contribution in [0.3, 0.4) is 0 Å². The van der Waals surface area contributed by atoms with Crippen LogP contribution in [0, 0.1) is 13.8 Å². The summed E-state index contributed by atoms with van der Waals surface area (Å²) in [6.45, 7) is 3.75. The van der Waals surface area contributed by atoms with E-state index >= 15 is 0 Å². The predicted molar refractivity (Wildman–Crippen MR) is 96.0 cm³/mol. The lowest BCUT2D eigenvalue weighted by Gasteiger charge is -2.11. The highest BCUT2D eigenvalue weighted by Crippen LogP contribution is 2.24. The highest BCUT2D eigenvalue weighted by molar-refractivity contribution is 6.45. The molecule has 130 valence electrons. The topological polar surface area (TPSA) is 84.5 Å². The molecule has 0 bridgehead atoms. The van der Waals surface area contributed by atoms with Gasteiger partial charge in [0.1, 0.15) is 0 Å². The van der Waals surface area contributed by atoms with Gasteiger partial charge < -0.3 is 15.4 Å². The molecule has 25 heavy (non-hydrogen) atoms. The van der Waals surface area contributed by atoms with E-state index in [1.165, 1.54) is 25.3 Å². The third-order valence-electron chi connectivity index (χ3n) is 3.69. The standard InChI is InChI=1S/C18H17ClN2O4/c1-10-5-4-6-14(11(10)2)20-16(22)17(23)21-15-9-12(18(24)25-3)7-8-13(15)19/h4-9H,1-3H3,(H,20,22)(H,21,23). The Morgan fingerprint density at radius 1 is 0.960 bits per heavy atom. The molecule has 0 atom stereocenters. The second-order valence-corrected chi connectivity index (χ2v) is 5.75. The Labute approximate surface area is 150 Å². The van der Waals surface area contributed by atoms with Crippen molar-refractivity contribution >= 4 is 40.8 Å². The minimum absolute atomic E-state index is 0.144. The second kappa shape index (κ2) is 7.81. The second-order valence-electron chi connectivity index (χ2n) is 5.34. The number of hydrogen-bond donors (Lipinski definition) is 2. The Kier molecular flexibility index (Phi) is 5.77. The van der Waals surface area contributed by atoms with E-state index in [1.54, 1.807) is 12.1 Å². The van der Waals surface area contributed by atoms with Gasteiger partial charge in [-0.1, -0.05) is 23.7 Å². The van der Waals surface area contributed by atoms with Crippen LogP contribution in [0.2, 0.25) is 5.02 Å². The van der Waals surface area contributed by atoms with Crippen molar-refractivity contribution in [3.05, 3.63) is 58.1 Å². The molecule has 0 aliphatic rings. The Balaban J connectivity index is 2.15. The Morgan fingerprint density at radius 2 is 1.60 bits per heavy atom. The molecule has 2 aromatic rings. The smallest absolute Gasteiger partial charge is 0.337 e. The largest absolute Gasteiger partial charge is 0.465 e. The van der Waals surface area contributed by atoms with Gasteiger partial charge in [0, 0.05) is 5.69 Å². The summed E-state index contributed by atoms with van der Waals surface area (Å²) in [5.41, 5.74) is 2.76. The van der Waals surface area contributed by atoms with Gasteiger partial charge in [0.15, 0.2) is 0 Å². The zero-order valence-corrected chi connectivity index (χ0v) is 14.7. The summed E-state index contributed by atoms with van der Waals surface area (Å²) in [6.07, 6.45) is 0. The number of anilines is 2. The number of nitrogens with one attached hydrogen (secondary N) is 2. The number of carbonyl (C=O) groups is 3. The van der Waals surface area contributed by atoms with Crippen molar-refractivity contribution in [1.29, 1.82) is 0 Å². The minimum Gasteiger partial charge on any atom is -0.465 e. The number of ether oxygens (including phenoxy) is 1. The maximum absolute atomic E-state index is 12.1. The van der Waals surface area contributed by atoms with Crippen molar-refractivity contribution in [1.82, 2.24) is 0 Å². The lowest BCUT2D eigenvalue weighted by Crippen LogP contribution is -2.29. The van der Waals surface area contributed by atoms with Crippen LogP contribution in [0.5, 0.6) is 0 Å². The average molecular weight is 361 g/mol. The summed E-state index contributed by atoms with van der Waals surface area (Å²) in [7, 11) is 1.24. The highest BCUT2D eigenvalue weighted by Gasteiger charge is 2.18. The molecular weight excluding hydrogens is 344 g/mol. The van der Waals surface area contributed by atoms with Gasteiger partial charge in [-0.05, 0) is 49.2 Å². The molecule has 2 rings (SSSR count). The number of benzene rings is 2. The summed E-state index contributed by atoms with van der Waals surface area (Å²) in [5, 5.41) is 5.14. The molecule has 0 saturated heterocycles. The molecule has 0 fully saturated rings. The van der Waals surface area contributed by atoms with E-state index in [0.717, 1.165) is 11.1 Å². The van der Waals surface area contributed by atoms with Gasteiger partial charge in [0.05, 0.1) is 23.4 Å². The fraction of sp³-hybridized carbons (Fsp3) is 0.167. The fourth-order valence-corrected chi connectivity index (χ4v) is 2.28. The fourth-order valence-electron chi connectivity index (χ4n) is 2.11. The molecular formula is C18H17ClN2O4. The van der Waals surface area contributed by atoms with E-state index in [0.29, 0.717) is 5.69 Å². The SMILES string of the molecule is COC(=O)c1ccc(Cl)c(NC(=O)C(=O)Nc2cccc(C)c2C)c1. The number of amides is 2. The van der Waals surface area contributed by atoms with E-state index < -0.39 is 17.8 Å². The number of esters is 1. The molecule has 0 aliphatic heterocycles. The molecule has 0 radical (unpaired) electrons. The molecule has 7 heteroatoms. The van der Waals surface area contributed by atoms with Crippen LogP contribution < -0.4 is 10.6 Å². The first kappa shape index (κ1) is 18.5. The molecule has 0 spiro atoms. The van der Waals surface area contributed by atoms with Crippen LogP contribution in [0.25, 0.3) is 0 Å². The van der Waals surface area contributed by atoms with Crippen LogP contribution in [-0.2, 0) is 14.3 Å². The predicted octanol–water partition coefficient (Wildman–Crippen LogP) is 3.32. The summed E-state index contributed by atoms with van der Waals surface area (Å²) < 4.78 is 4.61. The number of hydrogen-bond acceptors (Lipinski definition) is 4. The number of aryl methyl sites for hydroxylation is 1. The summed E-state index contributed by atoms with van der Waals surface area (Å²) >= 11 is 6.00. The van der Waals surface area contributed by atoms with Gasteiger partial charge >= 0.3 is 17.8 Å². The van der Waals surface area contributed by atoms with Crippen LogP contribution in [0.1, 0.15) is 21.5 Å². The monoisotopic (exact) mass is 360 g/mol. The van der Waals surface area contributed by atoms with Crippen LogP contribution >= 0.6 is 11.6 Å². The summed E-state index contributed by atoms with van der Waals surface area (Å²) in [5.74, 6) is -2.31. The summed E-state index contributed by atoms with van der Waals surface area (Å²) in [6, 6.07) is 9.64. The summed E-state index contributed by atoms with van der Waals surface area (Å²) in [4.78, 5) is 35.8. The molecule has 6 nitrogen and oxygen atoms in total. The van der Waals surface area contributed by atoms with E-state index in [9.17, 15) is 14.4 Å². The molecule has 2 N–H and O–H groups in total. The van der Waals surface area contributed by atoms with Crippen molar-refractivity contribution < 1.29 is 19.1 Å². The highest BCUT2D eigenvalue weighted by atomic mass is 35.5. The zero-order chi connectivity index (χ0) is 18.6. The number of carbonyl (C=O) groups excluding carboxylic acids is 3. The minimum atomic E-state index is -0.898. The van der Waals surface area contributed by atoms with E-state index in [-0.39, 0.29) is 16.3 Å². The Bertz CT molecular complexity index is 849. The van der Waals surface area contributed by atoms with Crippen molar-refractivity contribution in [2.24, 2.45) is 0 Å². The van der Waals surface area contributed by atoms with Gasteiger partial charge in [-0.3, -0.25) is 9.59 Å². The third-order valence-corrected chi connectivity index (χ3v) is 4.02. The molecule has 2 aromatic carbocycles. The molecule has 0 aromatic heterocycles. The first-order chi connectivity index (χ1) is 11.8. The van der Waals surface area contributed by atoms with Gasteiger partial charge in [0.2, 0.25) is 0 Å².